The lowest BCUT2D eigenvalue weighted by Gasteiger charge is -2.03. The van der Waals surface area contributed by atoms with Crippen LogP contribution in [0.1, 0.15) is 24.5 Å². The molecule has 0 atom stereocenters. The predicted molar refractivity (Wildman–Crippen MR) is 68.1 cm³/mol. The topological polar surface area (TPSA) is 46.5 Å². The number of phenolic OH excluding ortho intramolecular Hbond substituents is 1. The summed E-state index contributed by atoms with van der Waals surface area (Å²) in [4.78, 5) is 11.1. The van der Waals surface area contributed by atoms with E-state index in [1.165, 1.54) is 0 Å². The number of hydrogen-bond donors (Lipinski definition) is 1. The van der Waals surface area contributed by atoms with Crippen LogP contribution < -0.4 is 0 Å². The molecule has 0 saturated carbocycles. The van der Waals surface area contributed by atoms with E-state index in [1.54, 1.807) is 38.1 Å². The smallest absolute Gasteiger partial charge is 0.309 e. The highest BCUT2D eigenvalue weighted by atomic mass is 35.5. The molecule has 0 aromatic heterocycles. The molecular formula is C13H15ClO3. The van der Waals surface area contributed by atoms with Crippen LogP contribution in [-0.2, 0) is 9.53 Å². The molecule has 0 aliphatic heterocycles. The van der Waals surface area contributed by atoms with Gasteiger partial charge in [0.15, 0.2) is 0 Å². The molecule has 1 N–H and O–H groups in total. The third kappa shape index (κ3) is 4.11. The summed E-state index contributed by atoms with van der Waals surface area (Å²) in [6, 6.07) is 3.44. The summed E-state index contributed by atoms with van der Waals surface area (Å²) in [5.74, 6) is -0.167. The summed E-state index contributed by atoms with van der Waals surface area (Å²) in [7, 11) is 0. The summed E-state index contributed by atoms with van der Waals surface area (Å²) in [6.07, 6.45) is 3.71. The summed E-state index contributed by atoms with van der Waals surface area (Å²) in [5, 5.41) is 9.79. The van der Waals surface area contributed by atoms with Gasteiger partial charge in [0.1, 0.15) is 5.75 Å². The molecule has 0 aliphatic carbocycles. The van der Waals surface area contributed by atoms with E-state index in [4.69, 9.17) is 16.3 Å². The second-order valence-electron chi connectivity index (χ2n) is 3.58. The van der Waals surface area contributed by atoms with Crippen LogP contribution in [-0.4, -0.2) is 17.7 Å². The number of carbonyl (C=O) groups excluding carboxylic acids is 1. The molecule has 17 heavy (non-hydrogen) atoms. The summed E-state index contributed by atoms with van der Waals surface area (Å²) >= 11 is 5.83. The van der Waals surface area contributed by atoms with Crippen molar-refractivity contribution in [3.63, 3.8) is 0 Å². The molecule has 1 rings (SSSR count). The third-order valence-electron chi connectivity index (χ3n) is 2.18. The number of aryl methyl sites for hydroxylation is 1. The molecule has 1 aromatic rings. The zero-order chi connectivity index (χ0) is 12.8. The fourth-order valence-corrected chi connectivity index (χ4v) is 1.65. The average molecular weight is 255 g/mol. The van der Waals surface area contributed by atoms with Crippen LogP contribution in [0.4, 0.5) is 0 Å². The molecule has 0 bridgehead atoms. The Morgan fingerprint density at radius 1 is 1.53 bits per heavy atom. The number of esters is 1. The standard InChI is InChI=1S/C13H15ClO3/c1-3-17-12(15)6-4-5-10-7-9(2)13(16)11(14)8-10/h4-5,7-8,16H,3,6H2,1-2H3. The van der Waals surface area contributed by atoms with Gasteiger partial charge in [0.05, 0.1) is 18.1 Å². The molecule has 0 heterocycles. The number of aromatic hydroxyl groups is 1. The van der Waals surface area contributed by atoms with Gasteiger partial charge in [-0.25, -0.2) is 0 Å². The molecule has 1 aromatic carbocycles. The fourth-order valence-electron chi connectivity index (χ4n) is 1.37. The van der Waals surface area contributed by atoms with Crippen LogP contribution >= 0.6 is 11.6 Å². The second kappa shape index (κ2) is 6.30. The Labute approximate surface area is 106 Å². The van der Waals surface area contributed by atoms with Crippen molar-refractivity contribution in [2.24, 2.45) is 0 Å². The maximum absolute atomic E-state index is 11.1. The molecule has 0 saturated heterocycles. The van der Waals surface area contributed by atoms with Gasteiger partial charge in [0.25, 0.3) is 0 Å². The van der Waals surface area contributed by atoms with Gasteiger partial charge in [0, 0.05) is 0 Å². The van der Waals surface area contributed by atoms with E-state index >= 15 is 0 Å². The highest BCUT2D eigenvalue weighted by molar-refractivity contribution is 6.32. The van der Waals surface area contributed by atoms with E-state index in [1.807, 2.05) is 0 Å². The molecule has 0 spiro atoms. The molecule has 0 aliphatic rings. The van der Waals surface area contributed by atoms with Crippen molar-refractivity contribution in [2.75, 3.05) is 6.61 Å². The maximum atomic E-state index is 11.1. The van der Waals surface area contributed by atoms with E-state index in [9.17, 15) is 9.90 Å². The fraction of sp³-hybridized carbons (Fsp3) is 0.308. The minimum Gasteiger partial charge on any atom is -0.506 e. The van der Waals surface area contributed by atoms with Gasteiger partial charge < -0.3 is 9.84 Å². The molecular weight excluding hydrogens is 240 g/mol. The first kappa shape index (κ1) is 13.6. The summed E-state index contributed by atoms with van der Waals surface area (Å²) in [6.45, 7) is 3.92. The Morgan fingerprint density at radius 2 is 2.24 bits per heavy atom. The summed E-state index contributed by atoms with van der Waals surface area (Å²) < 4.78 is 4.79. The minimum atomic E-state index is -0.259. The van der Waals surface area contributed by atoms with Gasteiger partial charge in [-0.15, -0.1) is 0 Å². The van der Waals surface area contributed by atoms with E-state index < -0.39 is 0 Å². The van der Waals surface area contributed by atoms with Crippen LogP contribution in [0.3, 0.4) is 0 Å². The van der Waals surface area contributed by atoms with Gasteiger partial charge >= 0.3 is 5.97 Å². The van der Waals surface area contributed by atoms with Crippen LogP contribution in [0.15, 0.2) is 18.2 Å². The predicted octanol–water partition coefficient (Wildman–Crippen LogP) is 3.32. The van der Waals surface area contributed by atoms with Gasteiger partial charge in [-0.1, -0.05) is 23.8 Å². The van der Waals surface area contributed by atoms with E-state index in [0.717, 1.165) is 5.56 Å². The highest BCUT2D eigenvalue weighted by Crippen LogP contribution is 2.28. The van der Waals surface area contributed by atoms with E-state index in [0.29, 0.717) is 17.2 Å². The van der Waals surface area contributed by atoms with Crippen LogP contribution in [0.25, 0.3) is 6.08 Å². The van der Waals surface area contributed by atoms with Crippen LogP contribution in [0.5, 0.6) is 5.75 Å². The van der Waals surface area contributed by atoms with E-state index in [-0.39, 0.29) is 18.1 Å². The monoisotopic (exact) mass is 254 g/mol. The molecule has 0 radical (unpaired) electrons. The Balaban J connectivity index is 2.69. The molecule has 0 unspecified atom stereocenters. The molecule has 4 heteroatoms. The second-order valence-corrected chi connectivity index (χ2v) is 3.99. The first-order valence-electron chi connectivity index (χ1n) is 5.36. The number of rotatable bonds is 4. The zero-order valence-corrected chi connectivity index (χ0v) is 10.6. The van der Waals surface area contributed by atoms with E-state index in [2.05, 4.69) is 0 Å². The SMILES string of the molecule is CCOC(=O)CC=Cc1cc(C)c(O)c(Cl)c1. The zero-order valence-electron chi connectivity index (χ0n) is 9.87. The number of ether oxygens (including phenoxy) is 1. The van der Waals surface area contributed by atoms with Gasteiger partial charge in [-0.05, 0) is 37.1 Å². The lowest BCUT2D eigenvalue weighted by Crippen LogP contribution is -2.01. The number of halogens is 1. The van der Waals surface area contributed by atoms with Crippen molar-refractivity contribution < 1.29 is 14.6 Å². The lowest BCUT2D eigenvalue weighted by atomic mass is 10.1. The lowest BCUT2D eigenvalue weighted by molar-refractivity contribution is -0.142. The first-order chi connectivity index (χ1) is 8.04. The molecule has 3 nitrogen and oxygen atoms in total. The Hall–Kier alpha value is -1.48. The van der Waals surface area contributed by atoms with Crippen LogP contribution in [0, 0.1) is 6.92 Å². The van der Waals surface area contributed by atoms with Crippen molar-refractivity contribution in [2.45, 2.75) is 20.3 Å². The summed E-state index contributed by atoms with van der Waals surface area (Å²) in [5.41, 5.74) is 1.54. The quantitative estimate of drug-likeness (QED) is 0.839. The molecule has 92 valence electrons. The van der Waals surface area contributed by atoms with Crippen molar-refractivity contribution in [1.29, 1.82) is 0 Å². The van der Waals surface area contributed by atoms with Crippen molar-refractivity contribution in [1.82, 2.24) is 0 Å². The van der Waals surface area contributed by atoms with Gasteiger partial charge in [0.2, 0.25) is 0 Å². The number of hydrogen-bond acceptors (Lipinski definition) is 3. The largest absolute Gasteiger partial charge is 0.506 e. The maximum Gasteiger partial charge on any atom is 0.309 e. The minimum absolute atomic E-state index is 0.0919. The molecule has 0 fully saturated rings. The Bertz CT molecular complexity index is 415. The first-order valence-corrected chi connectivity index (χ1v) is 5.73. The number of benzene rings is 1. The van der Waals surface area contributed by atoms with Crippen molar-refractivity contribution in [3.05, 3.63) is 34.4 Å². The number of phenols is 1. The normalized spacial score (nSPS) is 10.8. The van der Waals surface area contributed by atoms with Gasteiger partial charge in [-0.3, -0.25) is 4.79 Å². The van der Waals surface area contributed by atoms with Crippen molar-refractivity contribution in [3.8, 4) is 5.75 Å². The third-order valence-corrected chi connectivity index (χ3v) is 2.46. The number of carbonyl (C=O) groups is 1. The Morgan fingerprint density at radius 3 is 2.82 bits per heavy atom. The van der Waals surface area contributed by atoms with Crippen molar-refractivity contribution >= 4 is 23.6 Å². The van der Waals surface area contributed by atoms with Crippen LogP contribution in [0.2, 0.25) is 5.02 Å². The Kier molecular flexibility index (Phi) is 5.04. The molecule has 0 amide bonds. The highest BCUT2D eigenvalue weighted by Gasteiger charge is 2.03. The van der Waals surface area contributed by atoms with Gasteiger partial charge in [-0.2, -0.15) is 0 Å². The average Bonchev–Trinajstić information content (AvgIpc) is 2.26.